The molecule has 0 saturated carbocycles. The minimum atomic E-state index is -0.280. The van der Waals surface area contributed by atoms with E-state index in [4.69, 9.17) is 0 Å². The number of nitrogens with zero attached hydrogens (tertiary/aromatic N) is 3. The first-order chi connectivity index (χ1) is 12.5. The molecule has 0 fully saturated rings. The van der Waals surface area contributed by atoms with Gasteiger partial charge in [0.2, 0.25) is 0 Å². The molecule has 3 rings (SSSR count). The summed E-state index contributed by atoms with van der Waals surface area (Å²) >= 11 is 0. The van der Waals surface area contributed by atoms with Gasteiger partial charge in [0.25, 0.3) is 5.91 Å². The van der Waals surface area contributed by atoms with E-state index >= 15 is 0 Å². The van der Waals surface area contributed by atoms with Crippen molar-refractivity contribution in [3.05, 3.63) is 82.4 Å². The van der Waals surface area contributed by atoms with Crippen molar-refractivity contribution in [3.8, 4) is 5.69 Å². The zero-order chi connectivity index (χ0) is 18.7. The van der Waals surface area contributed by atoms with Gasteiger partial charge in [-0.05, 0) is 69.2 Å². The highest BCUT2D eigenvalue weighted by molar-refractivity contribution is 5.94. The second-order valence-corrected chi connectivity index (χ2v) is 6.45. The van der Waals surface area contributed by atoms with Gasteiger partial charge in [-0.25, -0.2) is 5.43 Å². The number of rotatable bonds is 4. The van der Waals surface area contributed by atoms with Crippen LogP contribution in [0.4, 0.5) is 0 Å². The van der Waals surface area contributed by atoms with Crippen LogP contribution in [0.5, 0.6) is 0 Å². The van der Waals surface area contributed by atoms with Crippen LogP contribution in [-0.2, 0) is 0 Å². The minimum absolute atomic E-state index is 0.280. The number of carbonyl (C=O) groups excluding carboxylic acids is 1. The SMILES string of the molecule is Cc1cc(C)cc(-n2c(C)cc(/C=N\NC(=O)c3cccnc3)c2C)c1. The number of hydrogen-bond donors (Lipinski definition) is 1. The monoisotopic (exact) mass is 346 g/mol. The summed E-state index contributed by atoms with van der Waals surface area (Å²) in [7, 11) is 0. The van der Waals surface area contributed by atoms with Crippen LogP contribution in [-0.4, -0.2) is 21.7 Å². The van der Waals surface area contributed by atoms with Crippen LogP contribution < -0.4 is 5.43 Å². The molecule has 0 bridgehead atoms. The number of hydrogen-bond acceptors (Lipinski definition) is 3. The van der Waals surface area contributed by atoms with Crippen LogP contribution in [0.15, 0.2) is 53.9 Å². The topological polar surface area (TPSA) is 59.3 Å². The summed E-state index contributed by atoms with van der Waals surface area (Å²) in [5.41, 5.74) is 9.77. The van der Waals surface area contributed by atoms with Crippen LogP contribution in [0.25, 0.3) is 5.69 Å². The molecule has 0 atom stereocenters. The maximum Gasteiger partial charge on any atom is 0.272 e. The van der Waals surface area contributed by atoms with Gasteiger partial charge in [0.1, 0.15) is 0 Å². The number of hydrazone groups is 1. The summed E-state index contributed by atoms with van der Waals surface area (Å²) in [5.74, 6) is -0.280. The predicted molar refractivity (Wildman–Crippen MR) is 104 cm³/mol. The van der Waals surface area contributed by atoms with Gasteiger partial charge < -0.3 is 4.57 Å². The van der Waals surface area contributed by atoms with Gasteiger partial charge >= 0.3 is 0 Å². The van der Waals surface area contributed by atoms with Crippen molar-refractivity contribution in [1.29, 1.82) is 0 Å². The van der Waals surface area contributed by atoms with Crippen LogP contribution in [0.2, 0.25) is 0 Å². The summed E-state index contributed by atoms with van der Waals surface area (Å²) in [5, 5.41) is 4.10. The van der Waals surface area contributed by atoms with E-state index in [-0.39, 0.29) is 5.91 Å². The minimum Gasteiger partial charge on any atom is -0.318 e. The number of carbonyl (C=O) groups is 1. The van der Waals surface area contributed by atoms with Gasteiger partial charge in [-0.1, -0.05) is 6.07 Å². The fourth-order valence-corrected chi connectivity index (χ4v) is 3.12. The maximum atomic E-state index is 12.0. The van der Waals surface area contributed by atoms with E-state index in [0.717, 1.165) is 22.6 Å². The quantitative estimate of drug-likeness (QED) is 0.576. The van der Waals surface area contributed by atoms with E-state index in [9.17, 15) is 4.79 Å². The third kappa shape index (κ3) is 3.72. The van der Waals surface area contributed by atoms with Crippen molar-refractivity contribution in [3.63, 3.8) is 0 Å². The Hall–Kier alpha value is -3.21. The highest BCUT2D eigenvalue weighted by Gasteiger charge is 2.10. The van der Waals surface area contributed by atoms with E-state index in [1.54, 1.807) is 24.5 Å². The van der Waals surface area contributed by atoms with E-state index in [1.165, 1.54) is 17.3 Å². The third-order valence-electron chi connectivity index (χ3n) is 4.23. The Kier molecular flexibility index (Phi) is 4.98. The molecule has 132 valence electrons. The Morgan fingerprint density at radius 1 is 1.12 bits per heavy atom. The van der Waals surface area contributed by atoms with Crippen LogP contribution >= 0.6 is 0 Å². The lowest BCUT2D eigenvalue weighted by molar-refractivity contribution is 0.0955. The Labute approximate surface area is 153 Å². The molecule has 0 saturated heterocycles. The molecule has 0 spiro atoms. The Balaban J connectivity index is 1.83. The number of aromatic nitrogens is 2. The van der Waals surface area contributed by atoms with E-state index < -0.39 is 0 Å². The number of aryl methyl sites for hydroxylation is 3. The molecule has 2 heterocycles. The second kappa shape index (κ2) is 7.35. The number of benzene rings is 1. The van der Waals surface area contributed by atoms with E-state index in [1.807, 2.05) is 0 Å². The molecule has 26 heavy (non-hydrogen) atoms. The molecule has 5 nitrogen and oxygen atoms in total. The van der Waals surface area contributed by atoms with Crippen molar-refractivity contribution in [1.82, 2.24) is 15.0 Å². The van der Waals surface area contributed by atoms with Gasteiger partial charge in [-0.3, -0.25) is 9.78 Å². The number of pyridine rings is 1. The van der Waals surface area contributed by atoms with Crippen molar-refractivity contribution in [2.24, 2.45) is 5.10 Å². The predicted octanol–water partition coefficient (Wildman–Crippen LogP) is 3.87. The molecule has 1 amide bonds. The standard InChI is InChI=1S/C21H22N4O/c1-14-8-15(2)10-20(9-14)25-16(3)11-19(17(25)4)13-23-24-21(26)18-6-5-7-22-12-18/h5-13H,1-4H3,(H,24,26)/b23-13-. The average Bonchev–Trinajstić information content (AvgIpc) is 2.88. The van der Waals surface area contributed by atoms with Crippen LogP contribution in [0, 0.1) is 27.7 Å². The zero-order valence-electron chi connectivity index (χ0n) is 15.4. The highest BCUT2D eigenvalue weighted by Crippen LogP contribution is 2.21. The molecule has 0 radical (unpaired) electrons. The molecule has 5 heteroatoms. The molecule has 0 unspecified atom stereocenters. The number of amides is 1. The van der Waals surface area contributed by atoms with Gasteiger partial charge in [0.05, 0.1) is 11.8 Å². The molecule has 1 aromatic carbocycles. The normalized spacial score (nSPS) is 11.1. The largest absolute Gasteiger partial charge is 0.318 e. The van der Waals surface area contributed by atoms with Crippen molar-refractivity contribution >= 4 is 12.1 Å². The lowest BCUT2D eigenvalue weighted by atomic mass is 10.1. The molecular formula is C21H22N4O. The van der Waals surface area contributed by atoms with Gasteiger partial charge in [0.15, 0.2) is 0 Å². The smallest absolute Gasteiger partial charge is 0.272 e. The molecule has 0 aliphatic carbocycles. The molecule has 2 aromatic heterocycles. The maximum absolute atomic E-state index is 12.0. The molecule has 3 aromatic rings. The van der Waals surface area contributed by atoms with Crippen molar-refractivity contribution < 1.29 is 4.79 Å². The fraction of sp³-hybridized carbons (Fsp3) is 0.190. The van der Waals surface area contributed by atoms with Crippen LogP contribution in [0.3, 0.4) is 0 Å². The van der Waals surface area contributed by atoms with Gasteiger partial charge in [0, 0.05) is 35.0 Å². The first kappa shape index (κ1) is 17.6. The third-order valence-corrected chi connectivity index (χ3v) is 4.23. The Bertz CT molecular complexity index is 951. The second-order valence-electron chi connectivity index (χ2n) is 6.45. The molecular weight excluding hydrogens is 324 g/mol. The van der Waals surface area contributed by atoms with E-state index in [0.29, 0.717) is 5.56 Å². The summed E-state index contributed by atoms with van der Waals surface area (Å²) in [4.78, 5) is 16.0. The van der Waals surface area contributed by atoms with Gasteiger partial charge in [-0.2, -0.15) is 5.10 Å². The van der Waals surface area contributed by atoms with Crippen molar-refractivity contribution in [2.45, 2.75) is 27.7 Å². The molecule has 0 aliphatic heterocycles. The first-order valence-electron chi connectivity index (χ1n) is 8.47. The molecule has 0 aliphatic rings. The Morgan fingerprint density at radius 2 is 1.85 bits per heavy atom. The highest BCUT2D eigenvalue weighted by atomic mass is 16.2. The fourth-order valence-electron chi connectivity index (χ4n) is 3.12. The first-order valence-corrected chi connectivity index (χ1v) is 8.47. The summed E-state index contributed by atoms with van der Waals surface area (Å²) in [6, 6.07) is 12.0. The van der Waals surface area contributed by atoms with Crippen molar-refractivity contribution in [2.75, 3.05) is 0 Å². The number of nitrogens with one attached hydrogen (secondary N) is 1. The Morgan fingerprint density at radius 3 is 2.50 bits per heavy atom. The molecule has 1 N–H and O–H groups in total. The summed E-state index contributed by atoms with van der Waals surface area (Å²) in [6.45, 7) is 8.31. The zero-order valence-corrected chi connectivity index (χ0v) is 15.4. The average molecular weight is 346 g/mol. The van der Waals surface area contributed by atoms with Gasteiger partial charge in [-0.15, -0.1) is 0 Å². The summed E-state index contributed by atoms with van der Waals surface area (Å²) in [6.07, 6.45) is 4.81. The van der Waals surface area contributed by atoms with E-state index in [2.05, 4.69) is 72.0 Å². The lowest BCUT2D eigenvalue weighted by Gasteiger charge is -2.11. The summed E-state index contributed by atoms with van der Waals surface area (Å²) < 4.78 is 2.20. The van der Waals surface area contributed by atoms with Crippen LogP contribution in [0.1, 0.15) is 38.4 Å². The lowest BCUT2D eigenvalue weighted by Crippen LogP contribution is -2.17.